The normalized spacial score (nSPS) is 14.7. The minimum absolute atomic E-state index is 0.597. The molecule has 1 aromatic carbocycles. The van der Waals surface area contributed by atoms with Crippen LogP contribution in [0.1, 0.15) is 12.5 Å². The molecule has 9 heavy (non-hydrogen) atoms. The zero-order valence-electron chi connectivity index (χ0n) is 6.46. The van der Waals surface area contributed by atoms with Gasteiger partial charge in [-0.15, -0.1) is 0 Å². The maximum atomic E-state index is 7.17. The van der Waals surface area contributed by atoms with E-state index in [0.29, 0.717) is 0 Å². The molecule has 0 aliphatic heterocycles. The Morgan fingerprint density at radius 1 is 1.44 bits per heavy atom. The van der Waals surface area contributed by atoms with E-state index in [2.05, 4.69) is 0 Å². The van der Waals surface area contributed by atoms with Gasteiger partial charge in [-0.05, 0) is 12.5 Å². The second-order valence-electron chi connectivity index (χ2n) is 2.08. The van der Waals surface area contributed by atoms with Gasteiger partial charge >= 0.3 is 0 Å². The van der Waals surface area contributed by atoms with E-state index in [1.54, 1.807) is 0 Å². The van der Waals surface area contributed by atoms with Gasteiger partial charge in [-0.25, -0.2) is 0 Å². The van der Waals surface area contributed by atoms with E-state index in [9.17, 15) is 0 Å². The molecule has 0 aromatic heterocycles. The van der Waals surface area contributed by atoms with E-state index in [-0.39, 0.29) is 0 Å². The van der Waals surface area contributed by atoms with Crippen molar-refractivity contribution in [3.63, 3.8) is 0 Å². The van der Waals surface area contributed by atoms with Crippen molar-refractivity contribution in [3.05, 3.63) is 35.4 Å². The Hall–Kier alpha value is -0.820. The van der Waals surface area contributed by atoms with Gasteiger partial charge < -0.3 is 5.73 Å². The van der Waals surface area contributed by atoms with Crippen LogP contribution in [0.3, 0.4) is 0 Å². The topological polar surface area (TPSA) is 26.0 Å². The molecular weight excluding hydrogens is 110 g/mol. The van der Waals surface area contributed by atoms with Crippen molar-refractivity contribution in [1.29, 1.82) is 0 Å². The molecule has 1 heteroatoms. The smallest absolute Gasteiger partial charge is 0.0477 e. The summed E-state index contributed by atoms with van der Waals surface area (Å²) in [5.41, 5.74) is 7.40. The Morgan fingerprint density at radius 2 is 2.00 bits per heavy atom. The van der Waals surface area contributed by atoms with E-state index in [0.717, 1.165) is 5.56 Å². The molecule has 0 aliphatic rings. The molecule has 1 atom stereocenters. The highest BCUT2D eigenvalue weighted by Gasteiger charge is 1.84. The second kappa shape index (κ2) is 2.65. The van der Waals surface area contributed by atoms with E-state index < -0.39 is 6.52 Å². The average molecular weight is 122 g/mol. The lowest BCUT2D eigenvalue weighted by atomic mass is 10.2. The average Bonchev–Trinajstić information content (AvgIpc) is 1.88. The first-order chi connectivity index (χ1) is 4.70. The zero-order valence-corrected chi connectivity index (χ0v) is 5.46. The van der Waals surface area contributed by atoms with E-state index in [4.69, 9.17) is 7.10 Å². The summed E-state index contributed by atoms with van der Waals surface area (Å²) in [5.74, 6) is 0. The molecule has 0 spiro atoms. The van der Waals surface area contributed by atoms with Crippen LogP contribution in [-0.2, 0) is 6.52 Å². The summed E-state index contributed by atoms with van der Waals surface area (Å²) in [6, 6.07) is 7.69. The van der Waals surface area contributed by atoms with Gasteiger partial charge in [-0.2, -0.15) is 0 Å². The highest BCUT2D eigenvalue weighted by molar-refractivity contribution is 5.20. The minimum atomic E-state index is -0.597. The molecule has 0 bridgehead atoms. The summed E-state index contributed by atoms with van der Waals surface area (Å²) in [5, 5.41) is 0. The van der Waals surface area contributed by atoms with Crippen LogP contribution in [-0.4, -0.2) is 0 Å². The zero-order chi connectivity index (χ0) is 7.56. The SMILES string of the molecule is [2H][C@@H](N)c1ccc(C)cc1. The van der Waals surface area contributed by atoms with Crippen molar-refractivity contribution in [1.82, 2.24) is 0 Å². The second-order valence-corrected chi connectivity index (χ2v) is 2.08. The Kier molecular flexibility index (Phi) is 1.47. The lowest BCUT2D eigenvalue weighted by Gasteiger charge is -1.94. The Balaban J connectivity index is 2.89. The van der Waals surface area contributed by atoms with Crippen molar-refractivity contribution < 1.29 is 1.37 Å². The molecule has 0 amide bonds. The molecule has 1 rings (SSSR count). The molecular formula is C8H11N. The molecule has 0 fully saturated rings. The summed E-state index contributed by atoms with van der Waals surface area (Å²) in [4.78, 5) is 0. The fourth-order valence-corrected chi connectivity index (χ4v) is 0.678. The number of benzene rings is 1. The largest absolute Gasteiger partial charge is 0.326 e. The van der Waals surface area contributed by atoms with Crippen LogP contribution in [0.5, 0.6) is 0 Å². The van der Waals surface area contributed by atoms with E-state index >= 15 is 0 Å². The van der Waals surface area contributed by atoms with Crippen LogP contribution in [0.4, 0.5) is 0 Å². The molecule has 1 nitrogen and oxygen atoms in total. The molecule has 0 unspecified atom stereocenters. The molecule has 48 valence electrons. The first-order valence-corrected chi connectivity index (χ1v) is 2.94. The molecule has 2 N–H and O–H groups in total. The van der Waals surface area contributed by atoms with Gasteiger partial charge in [-0.1, -0.05) is 29.8 Å². The maximum Gasteiger partial charge on any atom is 0.0477 e. The van der Waals surface area contributed by atoms with Crippen LogP contribution < -0.4 is 5.73 Å². The Labute approximate surface area is 56.9 Å². The first-order valence-electron chi connectivity index (χ1n) is 3.52. The fourth-order valence-electron chi connectivity index (χ4n) is 0.678. The van der Waals surface area contributed by atoms with Crippen LogP contribution >= 0.6 is 0 Å². The van der Waals surface area contributed by atoms with Gasteiger partial charge in [-0.3, -0.25) is 0 Å². The lowest BCUT2D eigenvalue weighted by molar-refractivity contribution is 1.07. The standard InChI is InChI=1S/C8H11N/c1-7-2-4-8(6-9)5-3-7/h2-5H,6,9H2,1H3/i6D/t6-/m1/s1. The third kappa shape index (κ3) is 1.54. The van der Waals surface area contributed by atoms with Crippen molar-refractivity contribution in [2.24, 2.45) is 5.73 Å². The maximum absolute atomic E-state index is 7.17. The monoisotopic (exact) mass is 122 g/mol. The first kappa shape index (κ1) is 5.00. The Morgan fingerprint density at radius 3 is 2.44 bits per heavy atom. The molecule has 0 aliphatic carbocycles. The molecule has 0 saturated carbocycles. The number of aryl methyl sites for hydroxylation is 1. The molecule has 0 saturated heterocycles. The summed E-state index contributed by atoms with van der Waals surface area (Å²) < 4.78 is 7.17. The van der Waals surface area contributed by atoms with Crippen molar-refractivity contribution in [2.45, 2.75) is 13.4 Å². The van der Waals surface area contributed by atoms with Crippen LogP contribution in [0.15, 0.2) is 24.3 Å². The van der Waals surface area contributed by atoms with Gasteiger partial charge in [0.2, 0.25) is 0 Å². The van der Waals surface area contributed by atoms with Crippen LogP contribution in [0.2, 0.25) is 0 Å². The highest BCUT2D eigenvalue weighted by Crippen LogP contribution is 2.00. The minimum Gasteiger partial charge on any atom is -0.326 e. The quantitative estimate of drug-likeness (QED) is 0.599. The third-order valence-corrected chi connectivity index (χ3v) is 1.27. The Bertz CT molecular complexity index is 203. The summed E-state index contributed by atoms with van der Waals surface area (Å²) in [7, 11) is 0. The van der Waals surface area contributed by atoms with Gasteiger partial charge in [0.1, 0.15) is 0 Å². The summed E-state index contributed by atoms with van der Waals surface area (Å²) in [6.07, 6.45) is 0. The van der Waals surface area contributed by atoms with Crippen molar-refractivity contribution in [3.8, 4) is 0 Å². The third-order valence-electron chi connectivity index (χ3n) is 1.27. The van der Waals surface area contributed by atoms with Crippen LogP contribution in [0, 0.1) is 6.92 Å². The predicted octanol–water partition coefficient (Wildman–Crippen LogP) is 1.45. The van der Waals surface area contributed by atoms with Crippen molar-refractivity contribution >= 4 is 0 Å². The van der Waals surface area contributed by atoms with E-state index in [1.807, 2.05) is 31.2 Å². The van der Waals surface area contributed by atoms with Gasteiger partial charge in [0.25, 0.3) is 0 Å². The summed E-state index contributed by atoms with van der Waals surface area (Å²) >= 11 is 0. The van der Waals surface area contributed by atoms with Crippen LogP contribution in [0.25, 0.3) is 0 Å². The van der Waals surface area contributed by atoms with Gasteiger partial charge in [0, 0.05) is 7.89 Å². The number of hydrogen-bond acceptors (Lipinski definition) is 1. The van der Waals surface area contributed by atoms with Crippen molar-refractivity contribution in [2.75, 3.05) is 0 Å². The lowest BCUT2D eigenvalue weighted by Crippen LogP contribution is -1.94. The van der Waals surface area contributed by atoms with E-state index in [1.165, 1.54) is 5.56 Å². The molecule has 0 heterocycles. The summed E-state index contributed by atoms with van der Waals surface area (Å²) in [6.45, 7) is 1.42. The molecule has 1 aromatic rings. The predicted molar refractivity (Wildman–Crippen MR) is 39.1 cm³/mol. The highest BCUT2D eigenvalue weighted by atomic mass is 14.5. The van der Waals surface area contributed by atoms with Gasteiger partial charge in [0.15, 0.2) is 0 Å². The van der Waals surface area contributed by atoms with Gasteiger partial charge in [0.05, 0.1) is 0 Å². The number of rotatable bonds is 1. The number of hydrogen-bond donors (Lipinski definition) is 1. The fraction of sp³-hybridized carbons (Fsp3) is 0.250. The number of nitrogens with two attached hydrogens (primary N) is 1. The molecule has 0 radical (unpaired) electrons.